The fraction of sp³-hybridized carbons (Fsp3) is 0.357. The molecule has 5 heteroatoms. The van der Waals surface area contributed by atoms with E-state index in [0.717, 1.165) is 17.7 Å². The molecule has 1 atom stereocenters. The van der Waals surface area contributed by atoms with Gasteiger partial charge in [-0.25, -0.2) is 0 Å². The molecule has 0 N–H and O–H groups in total. The molecule has 1 unspecified atom stereocenters. The minimum absolute atomic E-state index is 0.115. The fourth-order valence-electron chi connectivity index (χ4n) is 2.11. The molecule has 3 rings (SSSR count). The molecular weight excluding hydrogens is 244 g/mol. The van der Waals surface area contributed by atoms with Gasteiger partial charge in [0.05, 0.1) is 0 Å². The highest BCUT2D eigenvalue weighted by molar-refractivity contribution is 5.75. The van der Waals surface area contributed by atoms with E-state index < -0.39 is 0 Å². The quantitative estimate of drug-likeness (QED) is 0.841. The molecule has 0 fully saturated rings. The van der Waals surface area contributed by atoms with Crippen molar-refractivity contribution in [1.29, 1.82) is 0 Å². The van der Waals surface area contributed by atoms with Gasteiger partial charge in [0.25, 0.3) is 0 Å². The molecule has 98 valence electrons. The van der Waals surface area contributed by atoms with Crippen molar-refractivity contribution >= 4 is 5.78 Å². The summed E-state index contributed by atoms with van der Waals surface area (Å²) in [6.45, 7) is 1.55. The zero-order valence-electron chi connectivity index (χ0n) is 10.6. The van der Waals surface area contributed by atoms with Crippen molar-refractivity contribution < 1.29 is 14.1 Å². The Hall–Kier alpha value is -2.17. The van der Waals surface area contributed by atoms with Gasteiger partial charge in [-0.05, 0) is 18.6 Å². The first kappa shape index (κ1) is 11.9. The number of ether oxygens (including phenoxy) is 1. The minimum atomic E-state index is -0.188. The SMILES string of the molecule is CC(=O)CCc1nc(C2Cc3ccccc3O2)no1. The van der Waals surface area contributed by atoms with Crippen molar-refractivity contribution in [2.75, 3.05) is 0 Å². The number of benzene rings is 1. The first-order chi connectivity index (χ1) is 9.22. The number of fused-ring (bicyclic) bond motifs is 1. The summed E-state index contributed by atoms with van der Waals surface area (Å²) in [5.41, 5.74) is 1.16. The lowest BCUT2D eigenvalue weighted by atomic mass is 10.1. The zero-order valence-corrected chi connectivity index (χ0v) is 10.6. The van der Waals surface area contributed by atoms with Crippen molar-refractivity contribution in [3.8, 4) is 5.75 Å². The van der Waals surface area contributed by atoms with Crippen molar-refractivity contribution in [1.82, 2.24) is 10.1 Å². The van der Waals surface area contributed by atoms with Gasteiger partial charge in [0.15, 0.2) is 6.10 Å². The van der Waals surface area contributed by atoms with Gasteiger partial charge in [-0.1, -0.05) is 23.4 Å². The average Bonchev–Trinajstić information content (AvgIpc) is 3.02. The number of rotatable bonds is 4. The summed E-state index contributed by atoms with van der Waals surface area (Å²) in [5.74, 6) is 2.03. The van der Waals surface area contributed by atoms with Gasteiger partial charge >= 0.3 is 0 Å². The molecule has 2 heterocycles. The Morgan fingerprint density at radius 1 is 1.42 bits per heavy atom. The Morgan fingerprint density at radius 3 is 3.05 bits per heavy atom. The highest BCUT2D eigenvalue weighted by Crippen LogP contribution is 2.35. The predicted octanol–water partition coefficient (Wildman–Crippen LogP) is 2.27. The second-order valence-corrected chi connectivity index (χ2v) is 4.67. The number of nitrogens with zero attached hydrogens (tertiary/aromatic N) is 2. The number of hydrogen-bond donors (Lipinski definition) is 0. The molecule has 5 nitrogen and oxygen atoms in total. The summed E-state index contributed by atoms with van der Waals surface area (Å²) in [6.07, 6.45) is 1.48. The van der Waals surface area contributed by atoms with Crippen LogP contribution >= 0.6 is 0 Å². The Morgan fingerprint density at radius 2 is 2.26 bits per heavy atom. The molecule has 0 aliphatic carbocycles. The van der Waals surface area contributed by atoms with E-state index in [1.165, 1.54) is 0 Å². The molecule has 0 bridgehead atoms. The van der Waals surface area contributed by atoms with Gasteiger partial charge in [0.1, 0.15) is 11.5 Å². The van der Waals surface area contributed by atoms with Crippen LogP contribution in [0.5, 0.6) is 5.75 Å². The third-order valence-corrected chi connectivity index (χ3v) is 3.11. The van der Waals surface area contributed by atoms with Crippen LogP contribution in [0.2, 0.25) is 0 Å². The molecule has 19 heavy (non-hydrogen) atoms. The topological polar surface area (TPSA) is 65.2 Å². The summed E-state index contributed by atoms with van der Waals surface area (Å²) in [7, 11) is 0. The molecule has 0 spiro atoms. The molecule has 0 radical (unpaired) electrons. The summed E-state index contributed by atoms with van der Waals surface area (Å²) in [5, 5.41) is 3.94. The van der Waals surface area contributed by atoms with Crippen LogP contribution in [0.15, 0.2) is 28.8 Å². The molecule has 2 aromatic rings. The lowest BCUT2D eigenvalue weighted by molar-refractivity contribution is -0.117. The zero-order chi connectivity index (χ0) is 13.2. The highest BCUT2D eigenvalue weighted by atomic mass is 16.5. The Bertz CT molecular complexity index is 581. The molecule has 0 saturated heterocycles. The highest BCUT2D eigenvalue weighted by Gasteiger charge is 2.28. The van der Waals surface area contributed by atoms with Gasteiger partial charge in [-0.15, -0.1) is 0 Å². The molecule has 1 aromatic heterocycles. The van der Waals surface area contributed by atoms with E-state index in [1.807, 2.05) is 24.3 Å². The van der Waals surface area contributed by atoms with E-state index in [4.69, 9.17) is 9.26 Å². The lowest BCUT2D eigenvalue weighted by Crippen LogP contribution is -2.05. The molecule has 0 saturated carbocycles. The molecule has 1 aliphatic rings. The fourth-order valence-corrected chi connectivity index (χ4v) is 2.11. The maximum Gasteiger partial charge on any atom is 0.227 e. The van der Waals surface area contributed by atoms with E-state index in [0.29, 0.717) is 24.6 Å². The first-order valence-electron chi connectivity index (χ1n) is 6.29. The van der Waals surface area contributed by atoms with Gasteiger partial charge < -0.3 is 14.1 Å². The maximum atomic E-state index is 10.9. The molecule has 0 amide bonds. The van der Waals surface area contributed by atoms with Crippen LogP contribution in [0.4, 0.5) is 0 Å². The van der Waals surface area contributed by atoms with Crippen LogP contribution in [0.3, 0.4) is 0 Å². The van der Waals surface area contributed by atoms with E-state index >= 15 is 0 Å². The minimum Gasteiger partial charge on any atom is -0.482 e. The number of para-hydroxylation sites is 1. The van der Waals surface area contributed by atoms with Crippen LogP contribution in [-0.4, -0.2) is 15.9 Å². The van der Waals surface area contributed by atoms with E-state index in [2.05, 4.69) is 10.1 Å². The van der Waals surface area contributed by atoms with Crippen LogP contribution < -0.4 is 4.74 Å². The lowest BCUT2D eigenvalue weighted by Gasteiger charge is -2.04. The molecule has 1 aromatic carbocycles. The summed E-state index contributed by atoms with van der Waals surface area (Å²) < 4.78 is 10.9. The monoisotopic (exact) mass is 258 g/mol. The largest absolute Gasteiger partial charge is 0.482 e. The number of Topliss-reactive ketones (excluding diaryl/α,β-unsaturated/α-hetero) is 1. The van der Waals surface area contributed by atoms with Crippen LogP contribution in [0.1, 0.15) is 36.7 Å². The number of hydrogen-bond acceptors (Lipinski definition) is 5. The van der Waals surface area contributed by atoms with E-state index in [1.54, 1.807) is 6.92 Å². The Labute approximate surface area is 110 Å². The van der Waals surface area contributed by atoms with Crippen molar-refractivity contribution in [3.05, 3.63) is 41.5 Å². The number of carbonyl (C=O) groups excluding carboxylic acids is 1. The Kier molecular flexibility index (Phi) is 3.03. The van der Waals surface area contributed by atoms with Crippen LogP contribution in [0.25, 0.3) is 0 Å². The van der Waals surface area contributed by atoms with Gasteiger partial charge in [-0.2, -0.15) is 4.98 Å². The van der Waals surface area contributed by atoms with Gasteiger partial charge in [0.2, 0.25) is 11.7 Å². The van der Waals surface area contributed by atoms with E-state index in [9.17, 15) is 4.79 Å². The van der Waals surface area contributed by atoms with Gasteiger partial charge in [-0.3, -0.25) is 0 Å². The second-order valence-electron chi connectivity index (χ2n) is 4.67. The number of carbonyl (C=O) groups is 1. The smallest absolute Gasteiger partial charge is 0.227 e. The van der Waals surface area contributed by atoms with Gasteiger partial charge in [0, 0.05) is 19.3 Å². The normalized spacial score (nSPS) is 17.0. The first-order valence-corrected chi connectivity index (χ1v) is 6.29. The third-order valence-electron chi connectivity index (χ3n) is 3.11. The summed E-state index contributed by atoms with van der Waals surface area (Å²) >= 11 is 0. The van der Waals surface area contributed by atoms with E-state index in [-0.39, 0.29) is 11.9 Å². The standard InChI is InChI=1S/C14H14N2O3/c1-9(17)6-7-13-15-14(16-19-13)12-8-10-4-2-3-5-11(10)18-12/h2-5,12H,6-8H2,1H3. The predicted molar refractivity (Wildman–Crippen MR) is 66.8 cm³/mol. The molecule has 1 aliphatic heterocycles. The van der Waals surface area contributed by atoms with Crippen molar-refractivity contribution in [2.24, 2.45) is 0 Å². The third kappa shape index (κ3) is 2.50. The average molecular weight is 258 g/mol. The second kappa shape index (κ2) is 4.84. The van der Waals surface area contributed by atoms with Crippen molar-refractivity contribution in [3.63, 3.8) is 0 Å². The van der Waals surface area contributed by atoms with Crippen LogP contribution in [-0.2, 0) is 17.6 Å². The van der Waals surface area contributed by atoms with Crippen molar-refractivity contribution in [2.45, 2.75) is 32.3 Å². The Balaban J connectivity index is 1.70. The number of aromatic nitrogens is 2. The molecular formula is C14H14N2O3. The summed E-state index contributed by atoms with van der Waals surface area (Å²) in [6, 6.07) is 7.90. The number of ketones is 1. The maximum absolute atomic E-state index is 10.9. The summed E-state index contributed by atoms with van der Waals surface area (Å²) in [4.78, 5) is 15.2. The number of aryl methyl sites for hydroxylation is 1. The van der Waals surface area contributed by atoms with Crippen LogP contribution in [0, 0.1) is 0 Å².